The minimum atomic E-state index is -0.589. The van der Waals surface area contributed by atoms with E-state index in [-0.39, 0.29) is 33.7 Å². The smallest absolute Gasteiger partial charge is 0.309 e. The molecule has 0 aromatic heterocycles. The number of ether oxygens (including phenoxy) is 1. The molecule has 8 heteroatoms. The van der Waals surface area contributed by atoms with Crippen LogP contribution in [0.15, 0.2) is 18.2 Å². The summed E-state index contributed by atoms with van der Waals surface area (Å²) in [6, 6.07) is 3.73. The van der Waals surface area contributed by atoms with Crippen LogP contribution in [0.25, 0.3) is 0 Å². The molecule has 0 atom stereocenters. The lowest BCUT2D eigenvalue weighted by atomic mass is 9.70. The molecule has 0 aliphatic heterocycles. The number of nitro benzene ring substituents is 1. The van der Waals surface area contributed by atoms with Crippen LogP contribution in [0, 0.1) is 27.4 Å². The first-order valence-electron chi connectivity index (χ1n) is 8.98. The lowest BCUT2D eigenvalue weighted by Gasteiger charge is -2.36. The van der Waals surface area contributed by atoms with Gasteiger partial charge in [0.15, 0.2) is 6.61 Å². The van der Waals surface area contributed by atoms with Gasteiger partial charge in [0.05, 0.1) is 21.6 Å². The predicted molar refractivity (Wildman–Crippen MR) is 103 cm³/mol. The van der Waals surface area contributed by atoms with E-state index in [9.17, 15) is 19.7 Å². The molecule has 1 fully saturated rings. The Morgan fingerprint density at radius 1 is 1.26 bits per heavy atom. The SMILES string of the molecule is CC(C)(C)C1CCC(C(=O)OCC(=O)Nc2cc([N+](=O)[O-])ccc2Cl)CC1. The van der Waals surface area contributed by atoms with E-state index in [1.165, 1.54) is 12.1 Å². The van der Waals surface area contributed by atoms with E-state index in [4.69, 9.17) is 16.3 Å². The van der Waals surface area contributed by atoms with Crippen molar-refractivity contribution in [1.82, 2.24) is 0 Å². The summed E-state index contributed by atoms with van der Waals surface area (Å²) in [6.07, 6.45) is 3.47. The minimum absolute atomic E-state index is 0.109. The molecular formula is C19H25ClN2O5. The third-order valence-corrected chi connectivity index (χ3v) is 5.40. The third kappa shape index (κ3) is 5.92. The third-order valence-electron chi connectivity index (χ3n) is 5.07. The van der Waals surface area contributed by atoms with Crippen molar-refractivity contribution in [2.45, 2.75) is 46.5 Å². The molecule has 1 amide bonds. The number of nitrogens with one attached hydrogen (secondary N) is 1. The topological polar surface area (TPSA) is 98.5 Å². The number of nitro groups is 1. The number of carbonyl (C=O) groups is 2. The maximum absolute atomic E-state index is 12.2. The van der Waals surface area contributed by atoms with E-state index in [1.54, 1.807) is 0 Å². The summed E-state index contributed by atoms with van der Waals surface area (Å²) in [6.45, 7) is 6.18. The normalized spacial score (nSPS) is 20.0. The van der Waals surface area contributed by atoms with E-state index in [2.05, 4.69) is 26.1 Å². The van der Waals surface area contributed by atoms with Gasteiger partial charge in [0.25, 0.3) is 11.6 Å². The summed E-state index contributed by atoms with van der Waals surface area (Å²) >= 11 is 5.93. The molecule has 1 saturated carbocycles. The second-order valence-corrected chi connectivity index (χ2v) is 8.40. The van der Waals surface area contributed by atoms with Crippen molar-refractivity contribution >= 4 is 34.9 Å². The van der Waals surface area contributed by atoms with E-state index < -0.39 is 17.4 Å². The van der Waals surface area contributed by atoms with Gasteiger partial charge < -0.3 is 10.1 Å². The van der Waals surface area contributed by atoms with Crippen LogP contribution in [0.4, 0.5) is 11.4 Å². The van der Waals surface area contributed by atoms with Crippen LogP contribution in [0.2, 0.25) is 5.02 Å². The maximum Gasteiger partial charge on any atom is 0.309 e. The highest BCUT2D eigenvalue weighted by Gasteiger charge is 2.33. The fraction of sp³-hybridized carbons (Fsp3) is 0.579. The molecule has 1 aromatic rings. The molecule has 1 N–H and O–H groups in total. The molecule has 0 saturated heterocycles. The number of nitrogens with zero attached hydrogens (tertiary/aromatic N) is 1. The zero-order valence-electron chi connectivity index (χ0n) is 15.8. The van der Waals surface area contributed by atoms with Crippen molar-refractivity contribution in [3.63, 3.8) is 0 Å². The molecule has 27 heavy (non-hydrogen) atoms. The fourth-order valence-electron chi connectivity index (χ4n) is 3.36. The van der Waals surface area contributed by atoms with Crippen LogP contribution in [-0.4, -0.2) is 23.4 Å². The maximum atomic E-state index is 12.2. The molecule has 0 heterocycles. The Morgan fingerprint density at radius 2 is 1.89 bits per heavy atom. The number of anilines is 1. The molecular weight excluding hydrogens is 372 g/mol. The Morgan fingerprint density at radius 3 is 2.44 bits per heavy atom. The lowest BCUT2D eigenvalue weighted by molar-refractivity contribution is -0.384. The van der Waals surface area contributed by atoms with Gasteiger partial charge in [0, 0.05) is 12.1 Å². The van der Waals surface area contributed by atoms with Crippen LogP contribution >= 0.6 is 11.6 Å². The van der Waals surface area contributed by atoms with Crippen LogP contribution in [-0.2, 0) is 14.3 Å². The average Bonchev–Trinajstić information content (AvgIpc) is 2.60. The van der Waals surface area contributed by atoms with Gasteiger partial charge in [0.1, 0.15) is 0 Å². The van der Waals surface area contributed by atoms with Gasteiger partial charge in [-0.05, 0) is 43.1 Å². The van der Waals surface area contributed by atoms with Crippen molar-refractivity contribution in [2.75, 3.05) is 11.9 Å². The van der Waals surface area contributed by atoms with Crippen molar-refractivity contribution < 1.29 is 19.2 Å². The minimum Gasteiger partial charge on any atom is -0.455 e. The number of hydrogen-bond acceptors (Lipinski definition) is 5. The number of esters is 1. The molecule has 0 bridgehead atoms. The molecule has 7 nitrogen and oxygen atoms in total. The largest absolute Gasteiger partial charge is 0.455 e. The van der Waals surface area contributed by atoms with Crippen molar-refractivity contribution in [3.05, 3.63) is 33.3 Å². The number of rotatable bonds is 5. The summed E-state index contributed by atoms with van der Waals surface area (Å²) in [7, 11) is 0. The van der Waals surface area contributed by atoms with E-state index in [0.29, 0.717) is 5.92 Å². The number of hydrogen-bond donors (Lipinski definition) is 1. The number of benzene rings is 1. The monoisotopic (exact) mass is 396 g/mol. The molecule has 1 aliphatic rings. The van der Waals surface area contributed by atoms with Gasteiger partial charge in [0.2, 0.25) is 0 Å². The van der Waals surface area contributed by atoms with Crippen LogP contribution in [0.3, 0.4) is 0 Å². The summed E-state index contributed by atoms with van der Waals surface area (Å²) in [5.41, 5.74) is 0.145. The molecule has 148 valence electrons. The van der Waals surface area contributed by atoms with E-state index in [1.807, 2.05) is 0 Å². The highest BCUT2D eigenvalue weighted by molar-refractivity contribution is 6.33. The number of halogens is 1. The summed E-state index contributed by atoms with van der Waals surface area (Å²) < 4.78 is 5.13. The summed E-state index contributed by atoms with van der Waals surface area (Å²) in [5.74, 6) is -0.560. The standard InChI is InChI=1S/C19H25ClN2O5/c1-19(2,3)13-6-4-12(5-7-13)18(24)27-11-17(23)21-16-10-14(22(25)26)8-9-15(16)20/h8-10,12-13H,4-7,11H2,1-3H3,(H,21,23). The first-order valence-corrected chi connectivity index (χ1v) is 9.36. The number of non-ortho nitro benzene ring substituents is 1. The summed E-state index contributed by atoms with van der Waals surface area (Å²) in [5, 5.41) is 13.4. The highest BCUT2D eigenvalue weighted by Crippen LogP contribution is 2.40. The second kappa shape index (κ2) is 8.69. The fourth-order valence-corrected chi connectivity index (χ4v) is 3.52. The number of amides is 1. The van der Waals surface area contributed by atoms with Crippen LogP contribution in [0.1, 0.15) is 46.5 Å². The molecule has 0 unspecified atom stereocenters. The first-order chi connectivity index (χ1) is 12.6. The van der Waals surface area contributed by atoms with Gasteiger partial charge in [-0.3, -0.25) is 19.7 Å². The second-order valence-electron chi connectivity index (χ2n) is 7.99. The van der Waals surface area contributed by atoms with Gasteiger partial charge in [-0.15, -0.1) is 0 Å². The highest BCUT2D eigenvalue weighted by atomic mass is 35.5. The quantitative estimate of drug-likeness (QED) is 0.446. The van der Waals surface area contributed by atoms with Crippen LogP contribution < -0.4 is 5.32 Å². The Balaban J connectivity index is 1.83. The lowest BCUT2D eigenvalue weighted by Crippen LogP contribution is -2.31. The molecule has 2 rings (SSSR count). The van der Waals surface area contributed by atoms with Gasteiger partial charge >= 0.3 is 5.97 Å². The molecule has 0 radical (unpaired) electrons. The van der Waals surface area contributed by atoms with Crippen LogP contribution in [0.5, 0.6) is 0 Å². The van der Waals surface area contributed by atoms with E-state index in [0.717, 1.165) is 31.7 Å². The number of carbonyl (C=O) groups excluding carboxylic acids is 2. The van der Waals surface area contributed by atoms with Gasteiger partial charge in [-0.2, -0.15) is 0 Å². The molecule has 0 spiro atoms. The van der Waals surface area contributed by atoms with Gasteiger partial charge in [-0.25, -0.2) is 0 Å². The Labute approximate surface area is 163 Å². The van der Waals surface area contributed by atoms with Crippen molar-refractivity contribution in [1.29, 1.82) is 0 Å². The Hall–Kier alpha value is -2.15. The predicted octanol–water partition coefficient (Wildman–Crippen LogP) is 4.58. The van der Waals surface area contributed by atoms with Crippen molar-refractivity contribution in [3.8, 4) is 0 Å². The Kier molecular flexibility index (Phi) is 6.81. The average molecular weight is 397 g/mol. The molecule has 1 aromatic carbocycles. The zero-order chi connectivity index (χ0) is 20.2. The van der Waals surface area contributed by atoms with Gasteiger partial charge in [-0.1, -0.05) is 32.4 Å². The molecule has 1 aliphatic carbocycles. The summed E-state index contributed by atoms with van der Waals surface area (Å²) in [4.78, 5) is 34.4. The van der Waals surface area contributed by atoms with E-state index >= 15 is 0 Å². The Bertz CT molecular complexity index is 721. The first kappa shape index (κ1) is 21.2. The van der Waals surface area contributed by atoms with Crippen molar-refractivity contribution in [2.24, 2.45) is 17.3 Å². The zero-order valence-corrected chi connectivity index (χ0v) is 16.5.